The third-order valence-electron chi connectivity index (χ3n) is 6.04. The summed E-state index contributed by atoms with van der Waals surface area (Å²) < 4.78 is 6.73. The van der Waals surface area contributed by atoms with Crippen LogP contribution >= 0.6 is 0 Å². The van der Waals surface area contributed by atoms with E-state index in [2.05, 4.69) is 27.8 Å². The summed E-state index contributed by atoms with van der Waals surface area (Å²) in [4.78, 5) is 11.4. The molecule has 0 aromatic carbocycles. The largest absolute Gasteiger partial charge is 1.00 e. The average Bonchev–Trinajstić information content (AvgIpc) is 2.65. The minimum absolute atomic E-state index is 0. The van der Waals surface area contributed by atoms with E-state index in [-0.39, 0.29) is 29.1 Å². The van der Waals surface area contributed by atoms with Crippen LogP contribution in [0.25, 0.3) is 0 Å². The number of esters is 1. The fraction of sp³-hybridized carbons (Fsp3) is 0.960. The molecule has 176 valence electrons. The number of quaternary nitrogens is 1. The highest BCUT2D eigenvalue weighted by Gasteiger charge is 2.23. The SMILES string of the molecule is CCCCCCCC[N+](C)(CCCCCCCC)CCC(CCC)OC(C)=O.[Br-]. The first-order chi connectivity index (χ1) is 13.5. The summed E-state index contributed by atoms with van der Waals surface area (Å²) in [7, 11) is 2.44. The van der Waals surface area contributed by atoms with Crippen molar-refractivity contribution in [1.82, 2.24) is 0 Å². The molecular formula is C25H52BrNO2. The Morgan fingerprint density at radius 2 is 1.14 bits per heavy atom. The predicted molar refractivity (Wildman–Crippen MR) is 123 cm³/mol. The third-order valence-corrected chi connectivity index (χ3v) is 6.04. The second-order valence-electron chi connectivity index (χ2n) is 9.13. The number of ether oxygens (including phenoxy) is 1. The third kappa shape index (κ3) is 19.6. The van der Waals surface area contributed by atoms with E-state index in [1.807, 2.05) is 0 Å². The van der Waals surface area contributed by atoms with Gasteiger partial charge in [-0.25, -0.2) is 0 Å². The quantitative estimate of drug-likeness (QED) is 0.148. The summed E-state index contributed by atoms with van der Waals surface area (Å²) in [5.41, 5.74) is 0. The van der Waals surface area contributed by atoms with Gasteiger partial charge in [-0.2, -0.15) is 0 Å². The molecular weight excluding hydrogens is 426 g/mol. The van der Waals surface area contributed by atoms with Crippen LogP contribution in [0, 0.1) is 0 Å². The zero-order chi connectivity index (χ0) is 21.1. The summed E-state index contributed by atoms with van der Waals surface area (Å²) >= 11 is 0. The first-order valence-electron chi connectivity index (χ1n) is 12.5. The number of halogens is 1. The van der Waals surface area contributed by atoms with Crippen LogP contribution in [0.5, 0.6) is 0 Å². The maximum Gasteiger partial charge on any atom is 0.302 e. The van der Waals surface area contributed by atoms with Gasteiger partial charge in [0, 0.05) is 13.3 Å². The number of hydrogen-bond donors (Lipinski definition) is 0. The molecule has 0 radical (unpaired) electrons. The van der Waals surface area contributed by atoms with Crippen LogP contribution in [0.15, 0.2) is 0 Å². The fourth-order valence-electron chi connectivity index (χ4n) is 4.16. The van der Waals surface area contributed by atoms with Crippen LogP contribution in [-0.4, -0.2) is 43.2 Å². The van der Waals surface area contributed by atoms with Crippen LogP contribution in [0.3, 0.4) is 0 Å². The van der Waals surface area contributed by atoms with Gasteiger partial charge in [0.05, 0.1) is 26.7 Å². The van der Waals surface area contributed by atoms with Gasteiger partial charge in [0.25, 0.3) is 0 Å². The molecule has 0 aliphatic heterocycles. The highest BCUT2D eigenvalue weighted by atomic mass is 79.9. The second kappa shape index (κ2) is 21.2. The van der Waals surface area contributed by atoms with Crippen LogP contribution < -0.4 is 17.0 Å². The van der Waals surface area contributed by atoms with Crippen molar-refractivity contribution in [3.05, 3.63) is 0 Å². The van der Waals surface area contributed by atoms with Gasteiger partial charge in [0.2, 0.25) is 0 Å². The topological polar surface area (TPSA) is 26.3 Å². The molecule has 0 rings (SSSR count). The molecule has 0 N–H and O–H groups in total. The fourth-order valence-corrected chi connectivity index (χ4v) is 4.16. The Morgan fingerprint density at radius 3 is 1.55 bits per heavy atom. The molecule has 0 bridgehead atoms. The molecule has 0 amide bonds. The number of nitrogens with zero attached hydrogens (tertiary/aromatic N) is 1. The zero-order valence-corrected chi connectivity index (χ0v) is 22.0. The Morgan fingerprint density at radius 1 is 0.690 bits per heavy atom. The van der Waals surface area contributed by atoms with Crippen molar-refractivity contribution in [1.29, 1.82) is 0 Å². The van der Waals surface area contributed by atoms with Gasteiger partial charge in [0.1, 0.15) is 6.10 Å². The second-order valence-corrected chi connectivity index (χ2v) is 9.13. The highest BCUT2D eigenvalue weighted by molar-refractivity contribution is 5.66. The molecule has 0 aromatic heterocycles. The van der Waals surface area contributed by atoms with Crippen LogP contribution in [0.1, 0.15) is 124 Å². The molecule has 0 saturated carbocycles. The van der Waals surface area contributed by atoms with Crippen molar-refractivity contribution in [3.8, 4) is 0 Å². The monoisotopic (exact) mass is 477 g/mol. The molecule has 29 heavy (non-hydrogen) atoms. The van der Waals surface area contributed by atoms with E-state index in [1.54, 1.807) is 6.92 Å². The Labute approximate surface area is 193 Å². The number of carbonyl (C=O) groups excluding carboxylic acids is 1. The Hall–Kier alpha value is -0.0900. The summed E-state index contributed by atoms with van der Waals surface area (Å²) in [6, 6.07) is 0. The van der Waals surface area contributed by atoms with Gasteiger partial charge >= 0.3 is 5.97 Å². The lowest BCUT2D eigenvalue weighted by Crippen LogP contribution is -3.00. The van der Waals surface area contributed by atoms with Gasteiger partial charge in [0.15, 0.2) is 0 Å². The van der Waals surface area contributed by atoms with E-state index < -0.39 is 0 Å². The normalized spacial score (nSPS) is 12.4. The minimum Gasteiger partial charge on any atom is -1.00 e. The van der Waals surface area contributed by atoms with Gasteiger partial charge in [-0.05, 0) is 32.1 Å². The molecule has 0 aliphatic carbocycles. The molecule has 0 spiro atoms. The number of hydrogen-bond acceptors (Lipinski definition) is 2. The predicted octanol–water partition coefficient (Wildman–Crippen LogP) is 4.28. The molecule has 0 aliphatic rings. The first-order valence-corrected chi connectivity index (χ1v) is 12.5. The first kappa shape index (κ1) is 31.1. The van der Waals surface area contributed by atoms with Crippen molar-refractivity contribution >= 4 is 5.97 Å². The molecule has 0 aromatic rings. The summed E-state index contributed by atoms with van der Waals surface area (Å²) in [5.74, 6) is -0.125. The molecule has 4 heteroatoms. The number of carbonyl (C=O) groups is 1. The van der Waals surface area contributed by atoms with E-state index >= 15 is 0 Å². The van der Waals surface area contributed by atoms with Crippen molar-refractivity contribution < 1.29 is 31.0 Å². The molecule has 1 atom stereocenters. The van der Waals surface area contributed by atoms with Gasteiger partial charge < -0.3 is 26.2 Å². The summed E-state index contributed by atoms with van der Waals surface area (Å²) in [6.07, 6.45) is 19.5. The number of rotatable bonds is 20. The summed E-state index contributed by atoms with van der Waals surface area (Å²) in [6.45, 7) is 12.0. The van der Waals surface area contributed by atoms with E-state index in [0.29, 0.717) is 0 Å². The lowest BCUT2D eigenvalue weighted by molar-refractivity contribution is -0.910. The lowest BCUT2D eigenvalue weighted by atomic mass is 10.1. The Balaban J connectivity index is 0. The molecule has 1 unspecified atom stereocenters. The van der Waals surface area contributed by atoms with E-state index in [4.69, 9.17) is 4.74 Å². The molecule has 0 fully saturated rings. The maximum absolute atomic E-state index is 11.4. The van der Waals surface area contributed by atoms with E-state index in [9.17, 15) is 4.79 Å². The van der Waals surface area contributed by atoms with Gasteiger partial charge in [-0.15, -0.1) is 0 Å². The lowest BCUT2D eigenvalue weighted by Gasteiger charge is -2.36. The average molecular weight is 479 g/mol. The highest BCUT2D eigenvalue weighted by Crippen LogP contribution is 2.17. The minimum atomic E-state index is -0.125. The van der Waals surface area contributed by atoms with Crippen molar-refractivity contribution in [2.45, 2.75) is 130 Å². The standard InChI is InChI=1S/C25H52NO2.BrH/c1-6-9-11-13-15-17-21-26(5,22-18-16-14-12-10-7-2)23-20-25(19-8-3)28-24(4)27;/h25H,6-23H2,1-5H3;1H/q+1;/p-1. The van der Waals surface area contributed by atoms with Crippen molar-refractivity contribution in [3.63, 3.8) is 0 Å². The number of unbranched alkanes of at least 4 members (excludes halogenated alkanes) is 10. The zero-order valence-electron chi connectivity index (χ0n) is 20.4. The van der Waals surface area contributed by atoms with E-state index in [1.165, 1.54) is 90.1 Å². The molecule has 0 heterocycles. The van der Waals surface area contributed by atoms with E-state index in [0.717, 1.165) is 30.3 Å². The smallest absolute Gasteiger partial charge is 0.302 e. The molecule has 3 nitrogen and oxygen atoms in total. The van der Waals surface area contributed by atoms with Gasteiger partial charge in [-0.3, -0.25) is 4.79 Å². The molecule has 0 saturated heterocycles. The van der Waals surface area contributed by atoms with Crippen LogP contribution in [0.2, 0.25) is 0 Å². The Bertz CT molecular complexity index is 347. The van der Waals surface area contributed by atoms with Crippen molar-refractivity contribution in [2.24, 2.45) is 0 Å². The van der Waals surface area contributed by atoms with Crippen LogP contribution in [0.4, 0.5) is 0 Å². The maximum atomic E-state index is 11.4. The summed E-state index contributed by atoms with van der Waals surface area (Å²) in [5, 5.41) is 0. The Kier molecular flexibility index (Phi) is 22.7. The van der Waals surface area contributed by atoms with Gasteiger partial charge in [-0.1, -0.05) is 78.6 Å². The van der Waals surface area contributed by atoms with Crippen molar-refractivity contribution in [2.75, 3.05) is 26.7 Å². The van der Waals surface area contributed by atoms with Crippen LogP contribution in [-0.2, 0) is 9.53 Å².